The molecular weight excluding hydrogens is 286 g/mol. The van der Waals surface area contributed by atoms with E-state index in [1.165, 1.54) is 0 Å². The Kier molecular flexibility index (Phi) is 4.34. The molecule has 0 saturated carbocycles. The third-order valence-corrected chi connectivity index (χ3v) is 3.50. The number of carbonyl (C=O) groups is 1. The van der Waals surface area contributed by atoms with Crippen LogP contribution in [0.3, 0.4) is 0 Å². The lowest BCUT2D eigenvalue weighted by atomic mass is 10.1. The SMILES string of the molecule is Nc1cccc(-c2cc(C(=O)NCc3ccccc3)ccn2)c1. The number of anilines is 1. The molecule has 3 aromatic rings. The van der Waals surface area contributed by atoms with E-state index in [-0.39, 0.29) is 5.91 Å². The zero-order valence-corrected chi connectivity index (χ0v) is 12.6. The molecule has 0 saturated heterocycles. The van der Waals surface area contributed by atoms with Crippen LogP contribution in [0, 0.1) is 0 Å². The summed E-state index contributed by atoms with van der Waals surface area (Å²) in [7, 11) is 0. The van der Waals surface area contributed by atoms with Gasteiger partial charge in [0.05, 0.1) is 5.69 Å². The lowest BCUT2D eigenvalue weighted by Crippen LogP contribution is -2.22. The van der Waals surface area contributed by atoms with Crippen molar-refractivity contribution in [3.05, 3.63) is 84.1 Å². The maximum atomic E-state index is 12.3. The molecule has 0 atom stereocenters. The first-order valence-corrected chi connectivity index (χ1v) is 7.36. The Bertz CT molecular complexity index is 816. The molecule has 4 nitrogen and oxygen atoms in total. The standard InChI is InChI=1S/C19H17N3O/c20-17-8-4-7-15(11-17)18-12-16(9-10-21-18)19(23)22-13-14-5-2-1-3-6-14/h1-12H,13,20H2,(H,22,23). The van der Waals surface area contributed by atoms with Gasteiger partial charge < -0.3 is 11.1 Å². The minimum absolute atomic E-state index is 0.124. The molecule has 1 amide bonds. The highest BCUT2D eigenvalue weighted by atomic mass is 16.1. The minimum Gasteiger partial charge on any atom is -0.399 e. The third-order valence-electron chi connectivity index (χ3n) is 3.50. The van der Waals surface area contributed by atoms with Gasteiger partial charge in [0.25, 0.3) is 5.91 Å². The van der Waals surface area contributed by atoms with Crippen molar-refractivity contribution in [2.75, 3.05) is 5.73 Å². The van der Waals surface area contributed by atoms with Crippen molar-refractivity contribution in [1.29, 1.82) is 0 Å². The average molecular weight is 303 g/mol. The molecule has 0 aliphatic rings. The maximum absolute atomic E-state index is 12.3. The van der Waals surface area contributed by atoms with E-state index in [2.05, 4.69) is 10.3 Å². The second kappa shape index (κ2) is 6.75. The van der Waals surface area contributed by atoms with Crippen LogP contribution in [0.25, 0.3) is 11.3 Å². The number of rotatable bonds is 4. The van der Waals surface area contributed by atoms with Crippen molar-refractivity contribution in [3.63, 3.8) is 0 Å². The minimum atomic E-state index is -0.124. The van der Waals surface area contributed by atoms with Crippen LogP contribution in [0.2, 0.25) is 0 Å². The van der Waals surface area contributed by atoms with E-state index in [9.17, 15) is 4.79 Å². The van der Waals surface area contributed by atoms with Gasteiger partial charge in [-0.05, 0) is 29.8 Å². The Labute approximate surface area is 135 Å². The van der Waals surface area contributed by atoms with Gasteiger partial charge in [0, 0.05) is 29.6 Å². The topological polar surface area (TPSA) is 68.0 Å². The monoisotopic (exact) mass is 303 g/mol. The summed E-state index contributed by atoms with van der Waals surface area (Å²) in [5, 5.41) is 2.91. The van der Waals surface area contributed by atoms with Gasteiger partial charge in [-0.2, -0.15) is 0 Å². The Balaban J connectivity index is 1.75. The van der Waals surface area contributed by atoms with Crippen LogP contribution >= 0.6 is 0 Å². The molecule has 3 rings (SSSR count). The maximum Gasteiger partial charge on any atom is 0.251 e. The van der Waals surface area contributed by atoms with Crippen molar-refractivity contribution in [3.8, 4) is 11.3 Å². The average Bonchev–Trinajstić information content (AvgIpc) is 2.61. The van der Waals surface area contributed by atoms with Crippen molar-refractivity contribution in [1.82, 2.24) is 10.3 Å². The van der Waals surface area contributed by atoms with E-state index < -0.39 is 0 Å². The van der Waals surface area contributed by atoms with Gasteiger partial charge in [0.1, 0.15) is 0 Å². The predicted molar refractivity (Wildman–Crippen MR) is 91.7 cm³/mol. The van der Waals surface area contributed by atoms with Gasteiger partial charge >= 0.3 is 0 Å². The number of nitrogens with one attached hydrogen (secondary N) is 1. The highest BCUT2D eigenvalue weighted by Crippen LogP contribution is 2.20. The number of hydrogen-bond donors (Lipinski definition) is 2. The van der Waals surface area contributed by atoms with Crippen molar-refractivity contribution in [2.24, 2.45) is 0 Å². The highest BCUT2D eigenvalue weighted by molar-refractivity contribution is 5.95. The summed E-state index contributed by atoms with van der Waals surface area (Å²) in [6, 6.07) is 20.7. The Morgan fingerprint density at radius 3 is 2.61 bits per heavy atom. The summed E-state index contributed by atoms with van der Waals surface area (Å²) in [6.07, 6.45) is 1.63. The number of hydrogen-bond acceptors (Lipinski definition) is 3. The van der Waals surface area contributed by atoms with Crippen LogP contribution in [0.4, 0.5) is 5.69 Å². The molecule has 0 aliphatic carbocycles. The number of benzene rings is 2. The predicted octanol–water partition coefficient (Wildman–Crippen LogP) is 3.26. The van der Waals surface area contributed by atoms with Crippen LogP contribution in [-0.2, 0) is 6.54 Å². The fourth-order valence-electron chi connectivity index (χ4n) is 2.31. The van der Waals surface area contributed by atoms with Crippen LogP contribution in [0.5, 0.6) is 0 Å². The van der Waals surface area contributed by atoms with Crippen molar-refractivity contribution in [2.45, 2.75) is 6.54 Å². The molecule has 4 heteroatoms. The smallest absolute Gasteiger partial charge is 0.251 e. The van der Waals surface area contributed by atoms with E-state index in [1.807, 2.05) is 54.6 Å². The van der Waals surface area contributed by atoms with E-state index in [1.54, 1.807) is 18.3 Å². The summed E-state index contributed by atoms with van der Waals surface area (Å²) in [5.74, 6) is -0.124. The van der Waals surface area contributed by atoms with Crippen LogP contribution in [0.1, 0.15) is 15.9 Å². The third kappa shape index (κ3) is 3.74. The number of amides is 1. The summed E-state index contributed by atoms with van der Waals surface area (Å²) in [4.78, 5) is 16.6. The molecule has 0 fully saturated rings. The lowest BCUT2D eigenvalue weighted by Gasteiger charge is -2.07. The van der Waals surface area contributed by atoms with E-state index in [0.29, 0.717) is 17.8 Å². The second-order valence-electron chi connectivity index (χ2n) is 5.22. The molecule has 0 bridgehead atoms. The molecule has 3 N–H and O–H groups in total. The Hall–Kier alpha value is -3.14. The molecule has 0 radical (unpaired) electrons. The van der Waals surface area contributed by atoms with Gasteiger partial charge in [-0.3, -0.25) is 9.78 Å². The van der Waals surface area contributed by atoms with Crippen LogP contribution < -0.4 is 11.1 Å². The fraction of sp³-hybridized carbons (Fsp3) is 0.0526. The summed E-state index contributed by atoms with van der Waals surface area (Å²) < 4.78 is 0. The highest BCUT2D eigenvalue weighted by Gasteiger charge is 2.08. The first-order valence-electron chi connectivity index (χ1n) is 7.36. The van der Waals surface area contributed by atoms with E-state index >= 15 is 0 Å². The molecule has 0 spiro atoms. The summed E-state index contributed by atoms with van der Waals surface area (Å²) in [5.41, 5.74) is 9.72. The first-order chi connectivity index (χ1) is 11.2. The van der Waals surface area contributed by atoms with Gasteiger partial charge in [-0.25, -0.2) is 0 Å². The molecule has 1 aromatic heterocycles. The summed E-state index contributed by atoms with van der Waals surface area (Å²) >= 11 is 0. The number of aromatic nitrogens is 1. The van der Waals surface area contributed by atoms with Crippen molar-refractivity contribution >= 4 is 11.6 Å². The van der Waals surface area contributed by atoms with E-state index in [4.69, 9.17) is 5.73 Å². The van der Waals surface area contributed by atoms with Gasteiger partial charge in [0.2, 0.25) is 0 Å². The van der Waals surface area contributed by atoms with Crippen LogP contribution in [0.15, 0.2) is 72.9 Å². The normalized spacial score (nSPS) is 10.3. The van der Waals surface area contributed by atoms with Gasteiger partial charge in [-0.1, -0.05) is 42.5 Å². The van der Waals surface area contributed by atoms with E-state index in [0.717, 1.165) is 16.8 Å². The van der Waals surface area contributed by atoms with Gasteiger partial charge in [-0.15, -0.1) is 0 Å². The number of nitrogen functional groups attached to an aromatic ring is 1. The quantitative estimate of drug-likeness (QED) is 0.727. The number of nitrogens with zero attached hydrogens (tertiary/aromatic N) is 1. The number of pyridine rings is 1. The zero-order chi connectivity index (χ0) is 16.1. The summed E-state index contributed by atoms with van der Waals surface area (Å²) in [6.45, 7) is 0.496. The molecule has 0 aliphatic heterocycles. The molecule has 1 heterocycles. The first kappa shape index (κ1) is 14.8. The van der Waals surface area contributed by atoms with Gasteiger partial charge in [0.15, 0.2) is 0 Å². The second-order valence-corrected chi connectivity index (χ2v) is 5.22. The molecule has 2 aromatic carbocycles. The number of carbonyl (C=O) groups excluding carboxylic acids is 1. The Morgan fingerprint density at radius 2 is 1.83 bits per heavy atom. The molecular formula is C19H17N3O. The number of nitrogens with two attached hydrogens (primary N) is 1. The molecule has 0 unspecified atom stereocenters. The lowest BCUT2D eigenvalue weighted by molar-refractivity contribution is 0.0951. The van der Waals surface area contributed by atoms with Crippen LogP contribution in [-0.4, -0.2) is 10.9 Å². The zero-order valence-electron chi connectivity index (χ0n) is 12.6. The molecule has 23 heavy (non-hydrogen) atoms. The molecule has 114 valence electrons. The Morgan fingerprint density at radius 1 is 1.00 bits per heavy atom. The van der Waals surface area contributed by atoms with Crippen molar-refractivity contribution < 1.29 is 4.79 Å². The fourth-order valence-corrected chi connectivity index (χ4v) is 2.31. The largest absolute Gasteiger partial charge is 0.399 e.